The van der Waals surface area contributed by atoms with Crippen molar-refractivity contribution < 1.29 is 14.4 Å². The predicted molar refractivity (Wildman–Crippen MR) is 94.4 cm³/mol. The first-order chi connectivity index (χ1) is 12.2. The van der Waals surface area contributed by atoms with Crippen LogP contribution in [0.1, 0.15) is 37.1 Å². The standard InChI is InChI=1S/C17H26N6O3/c1-11(13-10-18-22(5)12(13)2)19-15(25)23-8-6-17(7-9-23)14(24)20(3)16(26)21(17)4/h10-11H,6-9H2,1-5H3,(H,19,25). The number of carbonyl (C=O) groups excluding carboxylic acids is 3. The number of aryl methyl sites for hydroxylation is 1. The van der Waals surface area contributed by atoms with E-state index in [0.717, 1.165) is 11.3 Å². The molecule has 1 aromatic heterocycles. The quantitative estimate of drug-likeness (QED) is 0.790. The van der Waals surface area contributed by atoms with E-state index in [0.29, 0.717) is 25.9 Å². The van der Waals surface area contributed by atoms with Gasteiger partial charge in [0.25, 0.3) is 5.91 Å². The molecule has 3 rings (SSSR count). The van der Waals surface area contributed by atoms with Gasteiger partial charge in [-0.05, 0) is 26.7 Å². The third-order valence-corrected chi connectivity index (χ3v) is 5.88. The average Bonchev–Trinajstić information content (AvgIpc) is 3.03. The summed E-state index contributed by atoms with van der Waals surface area (Å²) >= 11 is 0. The van der Waals surface area contributed by atoms with Gasteiger partial charge in [-0.2, -0.15) is 5.10 Å². The molecule has 2 fully saturated rings. The molecule has 1 atom stereocenters. The molecule has 26 heavy (non-hydrogen) atoms. The summed E-state index contributed by atoms with van der Waals surface area (Å²) in [5, 5.41) is 7.21. The van der Waals surface area contributed by atoms with Gasteiger partial charge < -0.3 is 15.1 Å². The van der Waals surface area contributed by atoms with Gasteiger partial charge in [0.2, 0.25) is 0 Å². The molecule has 2 saturated heterocycles. The van der Waals surface area contributed by atoms with Gasteiger partial charge in [0.15, 0.2) is 0 Å². The summed E-state index contributed by atoms with van der Waals surface area (Å²) in [6.45, 7) is 4.75. The molecule has 1 spiro atoms. The minimum atomic E-state index is -0.811. The molecule has 0 bridgehead atoms. The number of carbonyl (C=O) groups is 3. The van der Waals surface area contributed by atoms with Crippen LogP contribution in [-0.4, -0.2) is 75.2 Å². The summed E-state index contributed by atoms with van der Waals surface area (Å²) < 4.78 is 1.78. The van der Waals surface area contributed by atoms with Crippen LogP contribution in [0.2, 0.25) is 0 Å². The van der Waals surface area contributed by atoms with E-state index in [1.165, 1.54) is 16.8 Å². The number of likely N-dealkylation sites (tertiary alicyclic amines) is 1. The van der Waals surface area contributed by atoms with Crippen LogP contribution in [0, 0.1) is 6.92 Å². The molecule has 9 heteroatoms. The summed E-state index contributed by atoms with van der Waals surface area (Å²) in [6, 6.07) is -0.604. The fourth-order valence-corrected chi connectivity index (χ4v) is 3.87. The monoisotopic (exact) mass is 362 g/mol. The number of amides is 5. The van der Waals surface area contributed by atoms with E-state index >= 15 is 0 Å². The van der Waals surface area contributed by atoms with Gasteiger partial charge in [-0.3, -0.25) is 14.4 Å². The highest BCUT2D eigenvalue weighted by molar-refractivity contribution is 6.06. The largest absolute Gasteiger partial charge is 0.331 e. The second-order valence-electron chi connectivity index (χ2n) is 7.20. The topological polar surface area (TPSA) is 90.8 Å². The van der Waals surface area contributed by atoms with Crippen LogP contribution in [0.15, 0.2) is 6.20 Å². The molecular formula is C17H26N6O3. The molecule has 0 saturated carbocycles. The number of likely N-dealkylation sites (N-methyl/N-ethyl adjacent to an activating group) is 2. The van der Waals surface area contributed by atoms with Crippen molar-refractivity contribution in [3.05, 3.63) is 17.5 Å². The zero-order valence-electron chi connectivity index (χ0n) is 15.9. The highest BCUT2D eigenvalue weighted by atomic mass is 16.2. The number of hydrogen-bond acceptors (Lipinski definition) is 4. The molecule has 0 aliphatic carbocycles. The Morgan fingerprint density at radius 2 is 1.85 bits per heavy atom. The lowest BCUT2D eigenvalue weighted by Gasteiger charge is -2.40. The van der Waals surface area contributed by atoms with Gasteiger partial charge >= 0.3 is 12.1 Å². The lowest BCUT2D eigenvalue weighted by molar-refractivity contribution is -0.134. The number of piperidine rings is 1. The van der Waals surface area contributed by atoms with Crippen molar-refractivity contribution in [1.29, 1.82) is 0 Å². The number of nitrogens with zero attached hydrogens (tertiary/aromatic N) is 5. The van der Waals surface area contributed by atoms with Crippen molar-refractivity contribution in [3.63, 3.8) is 0 Å². The maximum Gasteiger partial charge on any atom is 0.327 e. The van der Waals surface area contributed by atoms with E-state index in [1.54, 1.807) is 22.8 Å². The van der Waals surface area contributed by atoms with Gasteiger partial charge in [-0.15, -0.1) is 0 Å². The molecule has 1 aromatic rings. The molecule has 9 nitrogen and oxygen atoms in total. The second kappa shape index (κ2) is 6.30. The molecule has 0 radical (unpaired) electrons. The Kier molecular flexibility index (Phi) is 4.41. The average molecular weight is 362 g/mol. The zero-order valence-corrected chi connectivity index (χ0v) is 15.9. The maximum absolute atomic E-state index is 12.6. The molecule has 3 heterocycles. The highest BCUT2D eigenvalue weighted by Crippen LogP contribution is 2.35. The van der Waals surface area contributed by atoms with Gasteiger partial charge in [-0.1, -0.05) is 0 Å². The van der Waals surface area contributed by atoms with Gasteiger partial charge in [0, 0.05) is 45.5 Å². The lowest BCUT2D eigenvalue weighted by Crippen LogP contribution is -2.57. The number of aromatic nitrogens is 2. The van der Waals surface area contributed by atoms with E-state index < -0.39 is 5.54 Å². The van der Waals surface area contributed by atoms with Crippen molar-refractivity contribution in [2.75, 3.05) is 27.2 Å². The Morgan fingerprint density at radius 1 is 1.23 bits per heavy atom. The molecule has 2 aliphatic rings. The van der Waals surface area contributed by atoms with E-state index in [-0.39, 0.29) is 24.0 Å². The molecule has 1 unspecified atom stereocenters. The van der Waals surface area contributed by atoms with E-state index in [4.69, 9.17) is 0 Å². The maximum atomic E-state index is 12.6. The number of urea groups is 2. The van der Waals surface area contributed by atoms with Crippen molar-refractivity contribution in [2.24, 2.45) is 7.05 Å². The Balaban J connectivity index is 1.63. The number of nitrogens with one attached hydrogen (secondary N) is 1. The fourth-order valence-electron chi connectivity index (χ4n) is 3.87. The van der Waals surface area contributed by atoms with Crippen LogP contribution in [0.4, 0.5) is 9.59 Å². The lowest BCUT2D eigenvalue weighted by atomic mass is 9.86. The Bertz CT molecular complexity index is 750. The van der Waals surface area contributed by atoms with Crippen LogP contribution < -0.4 is 5.32 Å². The summed E-state index contributed by atoms with van der Waals surface area (Å²) in [4.78, 5) is 41.6. The summed E-state index contributed by atoms with van der Waals surface area (Å²) in [6.07, 6.45) is 2.66. The number of imide groups is 1. The van der Waals surface area contributed by atoms with E-state index in [9.17, 15) is 14.4 Å². The summed E-state index contributed by atoms with van der Waals surface area (Å²) in [5.74, 6) is -0.176. The molecule has 0 aromatic carbocycles. The Hall–Kier alpha value is -2.58. The normalized spacial score (nSPS) is 20.9. The van der Waals surface area contributed by atoms with Crippen LogP contribution in [0.25, 0.3) is 0 Å². The van der Waals surface area contributed by atoms with Gasteiger partial charge in [-0.25, -0.2) is 9.59 Å². The molecule has 5 amide bonds. The minimum Gasteiger partial charge on any atom is -0.331 e. The smallest absolute Gasteiger partial charge is 0.327 e. The van der Waals surface area contributed by atoms with Crippen LogP contribution >= 0.6 is 0 Å². The summed E-state index contributed by atoms with van der Waals surface area (Å²) in [5.41, 5.74) is 1.18. The Labute approximate surface area is 152 Å². The first kappa shape index (κ1) is 18.2. The molecule has 142 valence electrons. The first-order valence-corrected chi connectivity index (χ1v) is 8.79. The van der Waals surface area contributed by atoms with Crippen molar-refractivity contribution >= 4 is 18.0 Å². The summed E-state index contributed by atoms with van der Waals surface area (Å²) in [7, 11) is 5.03. The third-order valence-electron chi connectivity index (χ3n) is 5.88. The van der Waals surface area contributed by atoms with Crippen LogP contribution in [-0.2, 0) is 11.8 Å². The third kappa shape index (κ3) is 2.62. The van der Waals surface area contributed by atoms with Crippen molar-refractivity contribution in [3.8, 4) is 0 Å². The predicted octanol–water partition coefficient (Wildman–Crippen LogP) is 0.858. The number of hydrogen-bond donors (Lipinski definition) is 1. The van der Waals surface area contributed by atoms with E-state index in [2.05, 4.69) is 10.4 Å². The minimum absolute atomic E-state index is 0.157. The van der Waals surface area contributed by atoms with Gasteiger partial charge in [0.05, 0.1) is 12.2 Å². The SMILES string of the molecule is Cc1c(C(C)NC(=O)N2CCC3(CC2)C(=O)N(C)C(=O)N3C)cnn1C. The first-order valence-electron chi connectivity index (χ1n) is 8.79. The molecular weight excluding hydrogens is 336 g/mol. The highest BCUT2D eigenvalue weighted by Gasteiger charge is 2.55. The Morgan fingerprint density at radius 3 is 2.31 bits per heavy atom. The molecule has 1 N–H and O–H groups in total. The van der Waals surface area contributed by atoms with Crippen LogP contribution in [0.5, 0.6) is 0 Å². The van der Waals surface area contributed by atoms with Gasteiger partial charge in [0.1, 0.15) is 5.54 Å². The molecule has 2 aliphatic heterocycles. The van der Waals surface area contributed by atoms with Crippen LogP contribution in [0.3, 0.4) is 0 Å². The number of rotatable bonds is 2. The van der Waals surface area contributed by atoms with Crippen molar-refractivity contribution in [1.82, 2.24) is 29.8 Å². The second-order valence-corrected chi connectivity index (χ2v) is 7.20. The fraction of sp³-hybridized carbons (Fsp3) is 0.647. The van der Waals surface area contributed by atoms with E-state index in [1.807, 2.05) is 20.9 Å². The van der Waals surface area contributed by atoms with Crippen molar-refractivity contribution in [2.45, 2.75) is 38.3 Å². The zero-order chi connectivity index (χ0) is 19.2.